The number of benzene rings is 10. The Morgan fingerprint density at radius 2 is 0.826 bits per heavy atom. The second-order valence-electron chi connectivity index (χ2n) is 17.6. The van der Waals surface area contributed by atoms with Crippen molar-refractivity contribution in [2.45, 2.75) is 19.6 Å². The van der Waals surface area contributed by atoms with Crippen LogP contribution in [0.25, 0.3) is 83.9 Å². The smallest absolute Gasteiger partial charge is 0.238 e. The first-order chi connectivity index (χ1) is 34.2. The summed E-state index contributed by atoms with van der Waals surface area (Å²) in [7, 11) is -1.84. The Bertz CT molecular complexity index is 3860. The number of hydrogen-bond donors (Lipinski definition) is 0. The van der Waals surface area contributed by atoms with Gasteiger partial charge in [0, 0.05) is 64.1 Å². The molecule has 0 fully saturated rings. The Morgan fingerprint density at radius 1 is 0.333 bits per heavy atom. The van der Waals surface area contributed by atoms with E-state index in [0.29, 0.717) is 17.6 Å². The van der Waals surface area contributed by atoms with Crippen molar-refractivity contribution in [2.24, 2.45) is 0 Å². The molecule has 0 N–H and O–H groups in total. The van der Waals surface area contributed by atoms with Gasteiger partial charge in [-0.3, -0.25) is 4.57 Å². The van der Waals surface area contributed by atoms with Gasteiger partial charge in [0.15, 0.2) is 11.6 Å². The highest BCUT2D eigenvalue weighted by molar-refractivity contribution is 8.34. The third kappa shape index (κ3) is 5.96. The van der Waals surface area contributed by atoms with Crippen LogP contribution in [0.5, 0.6) is 0 Å². The Balaban J connectivity index is 1.09. The molecule has 0 unspecified atom stereocenters. The molecule has 0 aliphatic carbocycles. The summed E-state index contributed by atoms with van der Waals surface area (Å²) in [6, 6.07) is 89.6. The van der Waals surface area contributed by atoms with Crippen molar-refractivity contribution in [1.82, 2.24) is 19.5 Å². The van der Waals surface area contributed by atoms with E-state index < -0.39 is 10.0 Å². The first-order valence-corrected chi connectivity index (χ1v) is 25.0. The Labute approximate surface area is 401 Å². The van der Waals surface area contributed by atoms with E-state index in [0.717, 1.165) is 50.2 Å². The summed E-state index contributed by atoms with van der Waals surface area (Å²) in [6.07, 6.45) is 0. The van der Waals surface area contributed by atoms with Crippen LogP contribution >= 0.6 is 10.0 Å². The molecule has 2 aliphatic rings. The first kappa shape index (κ1) is 39.3. The number of anilines is 3. The highest BCUT2D eigenvalue weighted by atomic mass is 32.3. The monoisotopic (exact) mass is 899 g/mol. The molecular formula is C63H41N5S. The zero-order valence-corrected chi connectivity index (χ0v) is 38.1. The molecular weight excluding hydrogens is 859 g/mol. The summed E-state index contributed by atoms with van der Waals surface area (Å²) < 4.78 is 2.29. The van der Waals surface area contributed by atoms with Crippen LogP contribution in [0.3, 0.4) is 0 Å². The van der Waals surface area contributed by atoms with Gasteiger partial charge >= 0.3 is 0 Å². The van der Waals surface area contributed by atoms with Crippen LogP contribution in [-0.4, -0.2) is 19.5 Å². The van der Waals surface area contributed by atoms with Crippen molar-refractivity contribution < 1.29 is 0 Å². The van der Waals surface area contributed by atoms with Crippen molar-refractivity contribution >= 4 is 48.9 Å². The number of aromatic nitrogens is 4. The predicted octanol–water partition coefficient (Wildman–Crippen LogP) is 16.7. The molecule has 0 atom stereocenters. The zero-order valence-electron chi connectivity index (χ0n) is 37.3. The van der Waals surface area contributed by atoms with Crippen LogP contribution in [0.1, 0.15) is 0 Å². The Morgan fingerprint density at radius 3 is 1.45 bits per heavy atom. The number of rotatable bonds is 7. The maximum Gasteiger partial charge on any atom is 0.238 e. The van der Waals surface area contributed by atoms with E-state index in [4.69, 9.17) is 15.0 Å². The van der Waals surface area contributed by atoms with Gasteiger partial charge < -0.3 is 4.90 Å². The van der Waals surface area contributed by atoms with Crippen molar-refractivity contribution in [1.29, 1.82) is 0 Å². The van der Waals surface area contributed by atoms with Crippen LogP contribution in [0.2, 0.25) is 0 Å². The average molecular weight is 900 g/mol. The van der Waals surface area contributed by atoms with Gasteiger partial charge in [-0.05, 0) is 94.5 Å². The molecule has 4 heterocycles. The average Bonchev–Trinajstić information content (AvgIpc) is 4.03. The van der Waals surface area contributed by atoms with E-state index in [9.17, 15) is 0 Å². The van der Waals surface area contributed by atoms with Crippen LogP contribution in [0.15, 0.2) is 268 Å². The molecule has 6 heteroatoms. The Kier molecular flexibility index (Phi) is 8.91. The molecule has 0 bridgehead atoms. The number of hydrogen-bond acceptors (Lipinski definition) is 4. The standard InChI is InChI=1S/C63H41N5S/c1-5-20-42(21-6-1)45-26-19-29-47(40-45)67(46-27-11-4-12-28-46)48-36-37-51-54(41-48)68(63-65-61(43-22-7-2-8-23-43)64-62(66-63)44-24-9-3-10-25-44)53-38-39-58-60(59(51)53)52-32-15-18-35-57(52)69(58)55-33-16-13-30-49(55)50-31-14-17-34-56(50)69/h1-41H. The molecule has 0 saturated carbocycles. The zero-order chi connectivity index (χ0) is 45.5. The Hall–Kier alpha value is -8.84. The minimum absolute atomic E-state index is 0.557. The minimum Gasteiger partial charge on any atom is -0.310 e. The van der Waals surface area contributed by atoms with Gasteiger partial charge in [-0.1, -0.05) is 182 Å². The van der Waals surface area contributed by atoms with Crippen molar-refractivity contribution in [3.05, 3.63) is 249 Å². The quantitative estimate of drug-likeness (QED) is 0.160. The van der Waals surface area contributed by atoms with Crippen molar-refractivity contribution in [3.8, 4) is 62.1 Å². The van der Waals surface area contributed by atoms with E-state index in [-0.39, 0.29) is 0 Å². The van der Waals surface area contributed by atoms with E-state index in [2.05, 4.69) is 222 Å². The lowest BCUT2D eigenvalue weighted by atomic mass is 9.99. The van der Waals surface area contributed by atoms with Crippen LogP contribution in [-0.2, 0) is 0 Å². The van der Waals surface area contributed by atoms with Gasteiger partial charge in [-0.25, -0.2) is 4.98 Å². The van der Waals surface area contributed by atoms with Crippen LogP contribution in [0, 0.1) is 0 Å². The molecule has 1 spiro atoms. The van der Waals surface area contributed by atoms with Gasteiger partial charge in [0.2, 0.25) is 5.95 Å². The van der Waals surface area contributed by atoms with Gasteiger partial charge in [-0.2, -0.15) is 9.97 Å². The molecule has 324 valence electrons. The lowest BCUT2D eigenvalue weighted by Crippen LogP contribution is -2.10. The van der Waals surface area contributed by atoms with E-state index in [1.807, 2.05) is 36.4 Å². The highest BCUT2D eigenvalue weighted by Gasteiger charge is 2.48. The summed E-state index contributed by atoms with van der Waals surface area (Å²) in [5.74, 6) is 1.79. The van der Waals surface area contributed by atoms with Gasteiger partial charge in [-0.15, -0.1) is 10.0 Å². The molecule has 69 heavy (non-hydrogen) atoms. The van der Waals surface area contributed by atoms with Crippen LogP contribution in [0.4, 0.5) is 17.1 Å². The van der Waals surface area contributed by atoms with Crippen molar-refractivity contribution in [3.63, 3.8) is 0 Å². The summed E-state index contributed by atoms with van der Waals surface area (Å²) in [6.45, 7) is 0. The summed E-state index contributed by atoms with van der Waals surface area (Å²) in [5, 5.41) is 2.32. The number of para-hydroxylation sites is 1. The van der Waals surface area contributed by atoms with Gasteiger partial charge in [0.05, 0.1) is 11.0 Å². The maximum atomic E-state index is 5.41. The molecule has 2 aliphatic heterocycles. The summed E-state index contributed by atoms with van der Waals surface area (Å²) in [5.41, 5.74) is 14.5. The fourth-order valence-electron chi connectivity index (χ4n) is 10.9. The maximum absolute atomic E-state index is 5.41. The normalized spacial score (nSPS) is 13.2. The highest BCUT2D eigenvalue weighted by Crippen LogP contribution is 2.85. The predicted molar refractivity (Wildman–Crippen MR) is 283 cm³/mol. The number of nitrogens with zero attached hydrogens (tertiary/aromatic N) is 5. The molecule has 5 nitrogen and oxygen atoms in total. The lowest BCUT2D eigenvalue weighted by molar-refractivity contribution is 0.953. The topological polar surface area (TPSA) is 46.8 Å². The van der Waals surface area contributed by atoms with E-state index in [1.54, 1.807) is 0 Å². The minimum atomic E-state index is -1.84. The van der Waals surface area contributed by atoms with Gasteiger partial charge in [0.1, 0.15) is 0 Å². The third-order valence-corrected chi connectivity index (χ3v) is 17.8. The second kappa shape index (κ2) is 15.6. The molecule has 0 saturated heterocycles. The first-order valence-electron chi connectivity index (χ1n) is 23.3. The molecule has 14 rings (SSSR count). The fourth-order valence-corrected chi connectivity index (χ4v) is 15.5. The SMILES string of the molecule is c1ccc(-c2cccc(N(c3ccccc3)c3ccc4c5c6c(ccc5n(-c5nc(-c7ccccc7)nc(-c7ccccc7)n5)c4c3)S3(c4ccccc4-c4ccccc43)c3ccccc3-6)c2)cc1. The van der Waals surface area contributed by atoms with Crippen LogP contribution < -0.4 is 4.90 Å². The largest absolute Gasteiger partial charge is 0.310 e. The lowest BCUT2D eigenvalue weighted by Gasteiger charge is -2.36. The third-order valence-electron chi connectivity index (χ3n) is 13.8. The molecule has 2 aromatic heterocycles. The second-order valence-corrected chi connectivity index (χ2v) is 20.6. The molecule has 10 aromatic carbocycles. The summed E-state index contributed by atoms with van der Waals surface area (Å²) >= 11 is 0. The summed E-state index contributed by atoms with van der Waals surface area (Å²) in [4.78, 5) is 23.9. The molecule has 0 amide bonds. The fraction of sp³-hybridized carbons (Fsp3) is 0. The van der Waals surface area contributed by atoms with Crippen molar-refractivity contribution in [2.75, 3.05) is 4.90 Å². The molecule has 12 aromatic rings. The van der Waals surface area contributed by atoms with E-state index >= 15 is 0 Å². The molecule has 0 radical (unpaired) electrons. The number of fused-ring (bicyclic) bond motifs is 14. The van der Waals surface area contributed by atoms with Gasteiger partial charge in [0.25, 0.3) is 0 Å². The van der Waals surface area contributed by atoms with E-state index in [1.165, 1.54) is 52.8 Å².